The lowest BCUT2D eigenvalue weighted by Crippen LogP contribution is -2.29. The summed E-state index contributed by atoms with van der Waals surface area (Å²) in [6.07, 6.45) is 0.410. The van der Waals surface area contributed by atoms with Gasteiger partial charge < -0.3 is 15.0 Å². The molecule has 3 nitrogen and oxygen atoms in total. The summed E-state index contributed by atoms with van der Waals surface area (Å²) in [5.41, 5.74) is 5.14. The molecule has 0 aliphatic rings. The van der Waals surface area contributed by atoms with Crippen LogP contribution in [0.3, 0.4) is 0 Å². The van der Waals surface area contributed by atoms with Gasteiger partial charge >= 0.3 is 7.12 Å². The monoisotopic (exact) mass is 103 g/mol. The molecule has 0 aliphatic carbocycles. The lowest BCUT2D eigenvalue weighted by atomic mass is 9.92. The topological polar surface area (TPSA) is 44.5 Å². The number of rotatable bonds is 3. The zero-order valence-corrected chi connectivity index (χ0v) is 4.68. The second-order valence-electron chi connectivity index (χ2n) is 1.14. The average Bonchev–Trinajstić information content (AvgIpc) is 1.72. The van der Waals surface area contributed by atoms with E-state index < -0.39 is 0 Å². The second kappa shape index (κ2) is 4.11. The standard InChI is InChI=1S/C3H10BNO2/c1-6-4(3-5)7-2/h3,5H2,1-2H3. The largest absolute Gasteiger partial charge is 0.470 e. The van der Waals surface area contributed by atoms with E-state index in [4.69, 9.17) is 15.0 Å². The maximum Gasteiger partial charge on any atom is 0.470 e. The Morgan fingerprint density at radius 2 is 1.86 bits per heavy atom. The van der Waals surface area contributed by atoms with Crippen LogP contribution in [0.5, 0.6) is 0 Å². The molecule has 0 saturated carbocycles. The predicted octanol–water partition coefficient (Wildman–Crippen LogP) is -0.735. The van der Waals surface area contributed by atoms with Gasteiger partial charge in [-0.1, -0.05) is 0 Å². The highest BCUT2D eigenvalue weighted by Crippen LogP contribution is 1.76. The van der Waals surface area contributed by atoms with Crippen LogP contribution in [0.15, 0.2) is 0 Å². The van der Waals surface area contributed by atoms with E-state index >= 15 is 0 Å². The molecule has 0 aliphatic heterocycles. The molecular weight excluding hydrogens is 92.8 g/mol. The Morgan fingerprint density at radius 3 is 1.86 bits per heavy atom. The van der Waals surface area contributed by atoms with E-state index in [1.807, 2.05) is 0 Å². The lowest BCUT2D eigenvalue weighted by Gasteiger charge is -2.02. The van der Waals surface area contributed by atoms with Gasteiger partial charge in [-0.3, -0.25) is 0 Å². The smallest absolute Gasteiger partial charge is 0.413 e. The van der Waals surface area contributed by atoms with Gasteiger partial charge in [0.05, 0.1) is 0 Å². The third-order valence-corrected chi connectivity index (χ3v) is 0.718. The van der Waals surface area contributed by atoms with E-state index in [-0.39, 0.29) is 7.12 Å². The summed E-state index contributed by atoms with van der Waals surface area (Å²) in [4.78, 5) is 0. The number of hydrogen-bond donors (Lipinski definition) is 1. The fourth-order valence-electron chi connectivity index (χ4n) is 0.289. The molecule has 0 aromatic rings. The minimum Gasteiger partial charge on any atom is -0.413 e. The lowest BCUT2D eigenvalue weighted by molar-refractivity contribution is 0.279. The van der Waals surface area contributed by atoms with Crippen molar-refractivity contribution in [1.82, 2.24) is 0 Å². The van der Waals surface area contributed by atoms with Gasteiger partial charge in [0.1, 0.15) is 0 Å². The number of hydrogen-bond acceptors (Lipinski definition) is 3. The third-order valence-electron chi connectivity index (χ3n) is 0.718. The predicted molar refractivity (Wildman–Crippen MR) is 28.8 cm³/mol. The van der Waals surface area contributed by atoms with Crippen LogP contribution in [-0.2, 0) is 9.31 Å². The molecule has 0 heterocycles. The fourth-order valence-corrected chi connectivity index (χ4v) is 0.289. The molecule has 4 heteroatoms. The van der Waals surface area contributed by atoms with Crippen molar-refractivity contribution in [2.24, 2.45) is 5.73 Å². The molecular formula is C3H10BNO2. The summed E-state index contributed by atoms with van der Waals surface area (Å²) >= 11 is 0. The molecule has 0 aromatic carbocycles. The van der Waals surface area contributed by atoms with E-state index in [9.17, 15) is 0 Å². The summed E-state index contributed by atoms with van der Waals surface area (Å²) in [5.74, 6) is 0. The van der Waals surface area contributed by atoms with Gasteiger partial charge in [0.25, 0.3) is 0 Å². The summed E-state index contributed by atoms with van der Waals surface area (Å²) in [5, 5.41) is 0. The Kier molecular flexibility index (Phi) is 4.08. The Bertz CT molecular complexity index is 34.4. The molecule has 42 valence electrons. The van der Waals surface area contributed by atoms with Crippen molar-refractivity contribution in [2.75, 3.05) is 20.7 Å². The first-order valence-electron chi connectivity index (χ1n) is 2.10. The Morgan fingerprint density at radius 1 is 1.43 bits per heavy atom. The molecule has 0 amide bonds. The minimum absolute atomic E-state index is 0.236. The summed E-state index contributed by atoms with van der Waals surface area (Å²) in [6.45, 7) is 0. The highest BCUT2D eigenvalue weighted by molar-refractivity contribution is 6.44. The van der Waals surface area contributed by atoms with Gasteiger partial charge in [-0.25, -0.2) is 0 Å². The van der Waals surface area contributed by atoms with Gasteiger partial charge in [0.15, 0.2) is 0 Å². The van der Waals surface area contributed by atoms with Crippen molar-refractivity contribution in [3.05, 3.63) is 0 Å². The normalized spacial score (nSPS) is 9.00. The fraction of sp³-hybridized carbons (Fsp3) is 1.00. The van der Waals surface area contributed by atoms with Gasteiger partial charge in [-0.05, 0) is 0 Å². The van der Waals surface area contributed by atoms with Crippen LogP contribution in [0.25, 0.3) is 0 Å². The van der Waals surface area contributed by atoms with Crippen LogP contribution in [0, 0.1) is 0 Å². The molecule has 0 unspecified atom stereocenters. The first kappa shape index (κ1) is 6.94. The SMILES string of the molecule is COB(CN)OC. The van der Waals surface area contributed by atoms with Crippen LogP contribution in [0.1, 0.15) is 0 Å². The Balaban J connectivity index is 2.99. The first-order valence-corrected chi connectivity index (χ1v) is 2.10. The summed E-state index contributed by atoms with van der Waals surface area (Å²) in [6, 6.07) is 0. The maximum atomic E-state index is 5.14. The van der Waals surface area contributed by atoms with E-state index in [0.29, 0.717) is 6.44 Å². The van der Waals surface area contributed by atoms with Crippen molar-refractivity contribution >= 4 is 7.12 Å². The van der Waals surface area contributed by atoms with Gasteiger partial charge in [-0.2, -0.15) is 0 Å². The van der Waals surface area contributed by atoms with Crippen molar-refractivity contribution in [3.63, 3.8) is 0 Å². The van der Waals surface area contributed by atoms with E-state index in [1.165, 1.54) is 0 Å². The van der Waals surface area contributed by atoms with Gasteiger partial charge in [-0.15, -0.1) is 0 Å². The van der Waals surface area contributed by atoms with Crippen molar-refractivity contribution in [2.45, 2.75) is 0 Å². The zero-order chi connectivity index (χ0) is 5.70. The Labute approximate surface area is 43.9 Å². The summed E-state index contributed by atoms with van der Waals surface area (Å²) < 4.78 is 9.40. The first-order chi connectivity index (χ1) is 3.35. The highest BCUT2D eigenvalue weighted by Gasteiger charge is 2.08. The molecule has 2 N–H and O–H groups in total. The quantitative estimate of drug-likeness (QED) is 0.478. The zero-order valence-electron chi connectivity index (χ0n) is 4.68. The van der Waals surface area contributed by atoms with E-state index in [1.54, 1.807) is 14.2 Å². The molecule has 0 spiro atoms. The molecule has 0 aromatic heterocycles. The van der Waals surface area contributed by atoms with Gasteiger partial charge in [0.2, 0.25) is 0 Å². The third kappa shape index (κ3) is 2.62. The average molecular weight is 103 g/mol. The molecule has 7 heavy (non-hydrogen) atoms. The van der Waals surface area contributed by atoms with Crippen molar-refractivity contribution in [3.8, 4) is 0 Å². The molecule has 0 atom stereocenters. The molecule has 0 rings (SSSR count). The van der Waals surface area contributed by atoms with Crippen LogP contribution >= 0.6 is 0 Å². The van der Waals surface area contributed by atoms with Crippen LogP contribution in [0.2, 0.25) is 0 Å². The van der Waals surface area contributed by atoms with Crippen LogP contribution in [-0.4, -0.2) is 27.8 Å². The van der Waals surface area contributed by atoms with E-state index in [2.05, 4.69) is 0 Å². The minimum atomic E-state index is -0.236. The molecule has 0 fully saturated rings. The number of nitrogens with two attached hydrogens (primary N) is 1. The Hall–Kier alpha value is -0.0551. The molecule has 0 bridgehead atoms. The maximum absolute atomic E-state index is 5.14. The van der Waals surface area contributed by atoms with E-state index in [0.717, 1.165) is 0 Å². The second-order valence-corrected chi connectivity index (χ2v) is 1.14. The van der Waals surface area contributed by atoms with Crippen molar-refractivity contribution in [1.29, 1.82) is 0 Å². The van der Waals surface area contributed by atoms with Gasteiger partial charge in [0, 0.05) is 20.7 Å². The molecule has 0 radical (unpaired) electrons. The highest BCUT2D eigenvalue weighted by atomic mass is 16.6. The van der Waals surface area contributed by atoms with Crippen LogP contribution < -0.4 is 5.73 Å². The van der Waals surface area contributed by atoms with Crippen molar-refractivity contribution < 1.29 is 9.31 Å². The molecule has 0 saturated heterocycles. The van der Waals surface area contributed by atoms with Crippen LogP contribution in [0.4, 0.5) is 0 Å². The summed E-state index contributed by atoms with van der Waals surface area (Å²) in [7, 11) is 2.88.